The van der Waals surface area contributed by atoms with Crippen molar-refractivity contribution in [2.45, 2.75) is 39.7 Å². The number of nitriles is 1. The first-order chi connectivity index (χ1) is 8.99. The Labute approximate surface area is 118 Å². The molecule has 0 aromatic carbocycles. The van der Waals surface area contributed by atoms with Gasteiger partial charge < -0.3 is 9.80 Å². The molecule has 0 aliphatic carbocycles. The monoisotopic (exact) mass is 266 g/mol. The summed E-state index contributed by atoms with van der Waals surface area (Å²) in [5.41, 5.74) is -0.371. The minimum absolute atomic E-state index is 0.371. The van der Waals surface area contributed by atoms with E-state index < -0.39 is 0 Å². The fraction of sp³-hybridized carbons (Fsp3) is 0.933. The standard InChI is InChI=1S/C15H30N4/c1-5-17-15(4,13-16)6-7-18-8-10-19(11-9-18)12-14(2)3/h14,17H,5-12H2,1-4H3. The smallest absolute Gasteiger partial charge is 0.105 e. The van der Waals surface area contributed by atoms with Crippen LogP contribution in [0.3, 0.4) is 0 Å². The summed E-state index contributed by atoms with van der Waals surface area (Å²) in [5, 5.41) is 12.5. The molecule has 1 aliphatic rings. The second-order valence-corrected chi connectivity index (χ2v) is 6.26. The fourth-order valence-corrected chi connectivity index (χ4v) is 2.67. The Morgan fingerprint density at radius 3 is 2.26 bits per heavy atom. The Hall–Kier alpha value is -0.630. The van der Waals surface area contributed by atoms with E-state index in [9.17, 15) is 5.26 Å². The molecular formula is C15H30N4. The molecule has 1 atom stereocenters. The average molecular weight is 266 g/mol. The van der Waals surface area contributed by atoms with Gasteiger partial charge in [0.25, 0.3) is 0 Å². The van der Waals surface area contributed by atoms with Crippen LogP contribution in [0, 0.1) is 17.2 Å². The zero-order valence-corrected chi connectivity index (χ0v) is 13.1. The molecule has 19 heavy (non-hydrogen) atoms. The van der Waals surface area contributed by atoms with E-state index >= 15 is 0 Å². The molecule has 0 aromatic heterocycles. The van der Waals surface area contributed by atoms with Gasteiger partial charge in [0.2, 0.25) is 0 Å². The maximum atomic E-state index is 9.25. The lowest BCUT2D eigenvalue weighted by molar-refractivity contribution is 0.116. The van der Waals surface area contributed by atoms with Crippen LogP contribution in [0.25, 0.3) is 0 Å². The van der Waals surface area contributed by atoms with Crippen molar-refractivity contribution >= 4 is 0 Å². The number of nitrogens with zero attached hydrogens (tertiary/aromatic N) is 3. The molecule has 0 amide bonds. The highest BCUT2D eigenvalue weighted by atomic mass is 15.3. The van der Waals surface area contributed by atoms with E-state index in [1.54, 1.807) is 0 Å². The first kappa shape index (κ1) is 16.4. The Bertz CT molecular complexity index is 289. The van der Waals surface area contributed by atoms with Crippen molar-refractivity contribution in [2.75, 3.05) is 45.8 Å². The molecule has 1 rings (SSSR count). The summed E-state index contributed by atoms with van der Waals surface area (Å²) < 4.78 is 0. The van der Waals surface area contributed by atoms with Gasteiger partial charge in [-0.25, -0.2) is 0 Å². The predicted octanol–water partition coefficient (Wildman–Crippen LogP) is 1.54. The number of piperazine rings is 1. The van der Waals surface area contributed by atoms with E-state index in [4.69, 9.17) is 0 Å². The molecule has 1 aliphatic heterocycles. The van der Waals surface area contributed by atoms with Gasteiger partial charge in [0.1, 0.15) is 5.54 Å². The third kappa shape index (κ3) is 5.90. The molecule has 1 heterocycles. The van der Waals surface area contributed by atoms with Gasteiger partial charge in [0, 0.05) is 39.3 Å². The zero-order valence-electron chi connectivity index (χ0n) is 13.1. The van der Waals surface area contributed by atoms with Gasteiger partial charge >= 0.3 is 0 Å². The van der Waals surface area contributed by atoms with Crippen molar-refractivity contribution in [2.24, 2.45) is 5.92 Å². The largest absolute Gasteiger partial charge is 0.301 e. The lowest BCUT2D eigenvalue weighted by Crippen LogP contribution is -2.50. The van der Waals surface area contributed by atoms with Crippen LogP contribution in [0.4, 0.5) is 0 Å². The second-order valence-electron chi connectivity index (χ2n) is 6.26. The average Bonchev–Trinajstić information content (AvgIpc) is 2.38. The highest BCUT2D eigenvalue weighted by molar-refractivity contribution is 5.03. The third-order valence-corrected chi connectivity index (χ3v) is 3.83. The third-order valence-electron chi connectivity index (χ3n) is 3.83. The molecule has 4 heteroatoms. The molecule has 0 radical (unpaired) electrons. The van der Waals surface area contributed by atoms with Gasteiger partial charge in [0.05, 0.1) is 6.07 Å². The molecule has 1 unspecified atom stereocenters. The molecule has 110 valence electrons. The van der Waals surface area contributed by atoms with Crippen molar-refractivity contribution in [3.05, 3.63) is 0 Å². The fourth-order valence-electron chi connectivity index (χ4n) is 2.67. The van der Waals surface area contributed by atoms with Crippen molar-refractivity contribution < 1.29 is 0 Å². The summed E-state index contributed by atoms with van der Waals surface area (Å²) in [6, 6.07) is 2.41. The number of hydrogen-bond donors (Lipinski definition) is 1. The number of rotatable bonds is 7. The Balaban J connectivity index is 2.28. The Morgan fingerprint density at radius 1 is 1.21 bits per heavy atom. The highest BCUT2D eigenvalue weighted by Gasteiger charge is 2.24. The molecule has 0 saturated carbocycles. The van der Waals surface area contributed by atoms with Gasteiger partial charge in [-0.05, 0) is 25.8 Å². The predicted molar refractivity (Wildman–Crippen MR) is 80.0 cm³/mol. The number of nitrogens with one attached hydrogen (secondary N) is 1. The molecule has 0 aromatic rings. The highest BCUT2D eigenvalue weighted by Crippen LogP contribution is 2.11. The lowest BCUT2D eigenvalue weighted by Gasteiger charge is -2.36. The van der Waals surface area contributed by atoms with E-state index in [1.807, 2.05) is 6.92 Å². The first-order valence-corrected chi connectivity index (χ1v) is 7.60. The van der Waals surface area contributed by atoms with Gasteiger partial charge in [-0.1, -0.05) is 20.8 Å². The summed E-state index contributed by atoms with van der Waals surface area (Å²) in [6.07, 6.45) is 0.904. The van der Waals surface area contributed by atoms with Crippen LogP contribution in [0.15, 0.2) is 0 Å². The van der Waals surface area contributed by atoms with Crippen LogP contribution in [0.1, 0.15) is 34.1 Å². The maximum absolute atomic E-state index is 9.25. The SMILES string of the molecule is CCNC(C)(C#N)CCN1CCN(CC(C)C)CC1. The van der Waals surface area contributed by atoms with Gasteiger partial charge in [0.15, 0.2) is 0 Å². The molecule has 1 N–H and O–H groups in total. The van der Waals surface area contributed by atoms with Crippen LogP contribution in [-0.2, 0) is 0 Å². The minimum atomic E-state index is -0.371. The van der Waals surface area contributed by atoms with Crippen LogP contribution in [0.5, 0.6) is 0 Å². The van der Waals surface area contributed by atoms with Gasteiger partial charge in [-0.3, -0.25) is 5.32 Å². The van der Waals surface area contributed by atoms with Gasteiger partial charge in [-0.2, -0.15) is 5.26 Å². The van der Waals surface area contributed by atoms with E-state index in [0.717, 1.165) is 38.5 Å². The second kappa shape index (κ2) is 7.84. The van der Waals surface area contributed by atoms with E-state index in [1.165, 1.54) is 19.6 Å². The lowest BCUT2D eigenvalue weighted by atomic mass is 9.99. The summed E-state index contributed by atoms with van der Waals surface area (Å²) in [6.45, 7) is 16.3. The van der Waals surface area contributed by atoms with E-state index in [0.29, 0.717) is 0 Å². The minimum Gasteiger partial charge on any atom is -0.301 e. The zero-order chi connectivity index (χ0) is 14.3. The Kier molecular flexibility index (Phi) is 6.78. The molecule has 1 fully saturated rings. The summed E-state index contributed by atoms with van der Waals surface area (Å²) >= 11 is 0. The molecule has 0 spiro atoms. The summed E-state index contributed by atoms with van der Waals surface area (Å²) in [7, 11) is 0. The van der Waals surface area contributed by atoms with E-state index in [2.05, 4.69) is 42.0 Å². The van der Waals surface area contributed by atoms with Crippen LogP contribution in [0.2, 0.25) is 0 Å². The van der Waals surface area contributed by atoms with Crippen LogP contribution < -0.4 is 5.32 Å². The maximum Gasteiger partial charge on any atom is 0.105 e. The number of hydrogen-bond acceptors (Lipinski definition) is 4. The molecule has 1 saturated heterocycles. The van der Waals surface area contributed by atoms with Crippen molar-refractivity contribution in [3.63, 3.8) is 0 Å². The Morgan fingerprint density at radius 2 is 1.79 bits per heavy atom. The van der Waals surface area contributed by atoms with Gasteiger partial charge in [-0.15, -0.1) is 0 Å². The summed E-state index contributed by atoms with van der Waals surface area (Å²) in [5.74, 6) is 0.752. The molecule has 4 nitrogen and oxygen atoms in total. The normalized spacial score (nSPS) is 21.3. The van der Waals surface area contributed by atoms with Crippen molar-refractivity contribution in [1.29, 1.82) is 5.26 Å². The summed E-state index contributed by atoms with van der Waals surface area (Å²) in [4.78, 5) is 5.04. The van der Waals surface area contributed by atoms with E-state index in [-0.39, 0.29) is 5.54 Å². The van der Waals surface area contributed by atoms with Crippen LogP contribution in [-0.4, -0.2) is 61.2 Å². The first-order valence-electron chi connectivity index (χ1n) is 7.60. The van der Waals surface area contributed by atoms with Crippen molar-refractivity contribution in [3.8, 4) is 6.07 Å². The quantitative estimate of drug-likeness (QED) is 0.759. The van der Waals surface area contributed by atoms with Crippen molar-refractivity contribution in [1.82, 2.24) is 15.1 Å². The topological polar surface area (TPSA) is 42.3 Å². The van der Waals surface area contributed by atoms with Crippen LogP contribution >= 0.6 is 0 Å². The molecule has 0 bridgehead atoms. The molecular weight excluding hydrogens is 236 g/mol.